The van der Waals surface area contributed by atoms with E-state index in [9.17, 15) is 14.4 Å². The summed E-state index contributed by atoms with van der Waals surface area (Å²) in [5.74, 6) is -1.44. The van der Waals surface area contributed by atoms with Gasteiger partial charge in [0.05, 0.1) is 6.33 Å². The summed E-state index contributed by atoms with van der Waals surface area (Å²) in [5.41, 5.74) is 0.644. The van der Waals surface area contributed by atoms with Crippen molar-refractivity contribution in [1.82, 2.24) is 29.1 Å². The Labute approximate surface area is 191 Å². The van der Waals surface area contributed by atoms with Gasteiger partial charge in [0.15, 0.2) is 35.4 Å². The first kappa shape index (κ1) is 22.6. The minimum atomic E-state index is -1.09. The molecule has 4 rings (SSSR count). The normalized spacial score (nSPS) is 22.3. The Kier molecular flexibility index (Phi) is 6.24. The van der Waals surface area contributed by atoms with Crippen LogP contribution in [0.4, 0.5) is 0 Å². The quantitative estimate of drug-likeness (QED) is 0.283. The molecule has 4 atom stereocenters. The molecule has 3 aromatic heterocycles. The third-order valence-corrected chi connectivity index (χ3v) is 4.91. The number of carbonyl (C=O) groups is 3. The third kappa shape index (κ3) is 4.64. The van der Waals surface area contributed by atoms with E-state index in [0.29, 0.717) is 11.3 Å². The Hall–Kier alpha value is -3.58. The second kappa shape index (κ2) is 9.11. The Bertz CT molecular complexity index is 1200. The van der Waals surface area contributed by atoms with Crippen LogP contribution in [0, 0.1) is 0 Å². The van der Waals surface area contributed by atoms with Crippen molar-refractivity contribution in [2.24, 2.45) is 0 Å². The number of nitrogens with zero attached hydrogens (tertiary/aromatic N) is 6. The van der Waals surface area contributed by atoms with E-state index in [1.807, 2.05) is 0 Å². The van der Waals surface area contributed by atoms with Crippen LogP contribution in [0.15, 0.2) is 25.0 Å². The zero-order chi connectivity index (χ0) is 23.7. The number of ether oxygens (including phenoxy) is 4. The standard InChI is InChI=1S/C19H19ClN6O7/c1-9(27)30-6-12-14(31-10(2)28)15(32-11(3)29)18(33-12)26-8-22-13-16(25-5-4-21-7-25)23-19(20)24-17(13)26/h4-5,7-8,12,14-15,18H,6H2,1-3H3/t12-,14-,15-,18-/m1/s1. The Balaban J connectivity index is 1.79. The molecule has 0 aromatic carbocycles. The van der Waals surface area contributed by atoms with Crippen molar-refractivity contribution in [3.05, 3.63) is 30.3 Å². The number of hydrogen-bond acceptors (Lipinski definition) is 11. The topological polar surface area (TPSA) is 150 Å². The van der Waals surface area contributed by atoms with E-state index >= 15 is 0 Å². The summed E-state index contributed by atoms with van der Waals surface area (Å²) in [4.78, 5) is 51.8. The molecule has 1 saturated heterocycles. The maximum absolute atomic E-state index is 11.9. The molecule has 3 aromatic rings. The lowest BCUT2D eigenvalue weighted by Crippen LogP contribution is -2.40. The zero-order valence-electron chi connectivity index (χ0n) is 17.7. The van der Waals surface area contributed by atoms with Crippen LogP contribution in [0.2, 0.25) is 5.28 Å². The molecule has 1 fully saturated rings. The number of fused-ring (bicyclic) bond motifs is 1. The molecule has 1 aliphatic rings. The van der Waals surface area contributed by atoms with Gasteiger partial charge in [-0.1, -0.05) is 0 Å². The van der Waals surface area contributed by atoms with Crippen molar-refractivity contribution >= 4 is 40.7 Å². The highest BCUT2D eigenvalue weighted by atomic mass is 35.5. The van der Waals surface area contributed by atoms with E-state index in [1.54, 1.807) is 17.0 Å². The second-order valence-electron chi connectivity index (χ2n) is 7.13. The number of carbonyl (C=O) groups excluding carboxylic acids is 3. The first-order chi connectivity index (χ1) is 15.7. The number of halogens is 1. The van der Waals surface area contributed by atoms with Gasteiger partial charge in [-0.2, -0.15) is 9.97 Å². The minimum Gasteiger partial charge on any atom is -0.463 e. The molecule has 174 valence electrons. The smallest absolute Gasteiger partial charge is 0.303 e. The minimum absolute atomic E-state index is 0.0667. The number of esters is 3. The SMILES string of the molecule is CC(=O)OC[C@H]1O[C@@H](n2cnc3c(-n4ccnc4)nc(Cl)nc32)[C@H](OC(C)=O)[C@@H]1OC(C)=O. The van der Waals surface area contributed by atoms with Crippen LogP contribution in [0.5, 0.6) is 0 Å². The summed E-state index contributed by atoms with van der Waals surface area (Å²) >= 11 is 6.16. The Morgan fingerprint density at radius 3 is 2.42 bits per heavy atom. The van der Waals surface area contributed by atoms with Crippen molar-refractivity contribution in [2.45, 2.75) is 45.3 Å². The van der Waals surface area contributed by atoms with E-state index in [2.05, 4.69) is 19.9 Å². The van der Waals surface area contributed by atoms with Gasteiger partial charge in [-0.05, 0) is 11.6 Å². The second-order valence-corrected chi connectivity index (χ2v) is 7.46. The van der Waals surface area contributed by atoms with Crippen LogP contribution < -0.4 is 0 Å². The molecule has 33 heavy (non-hydrogen) atoms. The van der Waals surface area contributed by atoms with E-state index < -0.39 is 42.4 Å². The van der Waals surface area contributed by atoms with Gasteiger partial charge in [0.2, 0.25) is 5.28 Å². The number of rotatable bonds is 6. The predicted molar refractivity (Wildman–Crippen MR) is 109 cm³/mol. The predicted octanol–water partition coefficient (Wildman–Crippen LogP) is 0.989. The Morgan fingerprint density at radius 2 is 1.79 bits per heavy atom. The van der Waals surface area contributed by atoms with Gasteiger partial charge < -0.3 is 18.9 Å². The summed E-state index contributed by atoms with van der Waals surface area (Å²) in [5, 5.41) is -0.0667. The molecule has 0 saturated carbocycles. The van der Waals surface area contributed by atoms with Crippen LogP contribution in [-0.2, 0) is 33.3 Å². The van der Waals surface area contributed by atoms with Gasteiger partial charge in [0.1, 0.15) is 19.0 Å². The molecule has 1 aliphatic heterocycles. The molecule has 0 spiro atoms. The fourth-order valence-corrected chi connectivity index (χ4v) is 3.70. The lowest BCUT2D eigenvalue weighted by atomic mass is 10.1. The number of aromatic nitrogens is 6. The van der Waals surface area contributed by atoms with Crippen LogP contribution in [0.25, 0.3) is 17.0 Å². The van der Waals surface area contributed by atoms with Gasteiger partial charge in [0, 0.05) is 33.2 Å². The molecule has 0 unspecified atom stereocenters. The van der Waals surface area contributed by atoms with Crippen molar-refractivity contribution in [3.8, 4) is 5.82 Å². The van der Waals surface area contributed by atoms with Gasteiger partial charge >= 0.3 is 17.9 Å². The highest BCUT2D eigenvalue weighted by Gasteiger charge is 2.51. The summed E-state index contributed by atoms with van der Waals surface area (Å²) in [6.45, 7) is 3.42. The van der Waals surface area contributed by atoms with Crippen molar-refractivity contribution in [1.29, 1.82) is 0 Å². The first-order valence-electron chi connectivity index (χ1n) is 9.76. The molecule has 13 nitrogen and oxygen atoms in total. The van der Waals surface area contributed by atoms with Crippen LogP contribution in [0.1, 0.15) is 27.0 Å². The van der Waals surface area contributed by atoms with Gasteiger partial charge in [-0.25, -0.2) is 9.97 Å². The fourth-order valence-electron chi connectivity index (χ4n) is 3.54. The van der Waals surface area contributed by atoms with Crippen LogP contribution in [0.3, 0.4) is 0 Å². The highest BCUT2D eigenvalue weighted by Crippen LogP contribution is 2.36. The molecule has 0 N–H and O–H groups in total. The molecule has 0 bridgehead atoms. The number of hydrogen-bond donors (Lipinski definition) is 0. The fraction of sp³-hybridized carbons (Fsp3) is 0.421. The van der Waals surface area contributed by atoms with Gasteiger partial charge in [0.25, 0.3) is 0 Å². The molecule has 0 amide bonds. The molecular formula is C19H19ClN6O7. The average Bonchev–Trinajstić information content (AvgIpc) is 3.46. The van der Waals surface area contributed by atoms with E-state index in [-0.39, 0.29) is 17.5 Å². The monoisotopic (exact) mass is 478 g/mol. The van der Waals surface area contributed by atoms with Crippen LogP contribution >= 0.6 is 11.6 Å². The van der Waals surface area contributed by atoms with Crippen LogP contribution in [-0.4, -0.2) is 71.9 Å². The molecule has 0 aliphatic carbocycles. The Morgan fingerprint density at radius 1 is 1.06 bits per heavy atom. The molecule has 0 radical (unpaired) electrons. The van der Waals surface area contributed by atoms with Crippen molar-refractivity contribution in [2.75, 3.05) is 6.61 Å². The molecule has 14 heteroatoms. The lowest BCUT2D eigenvalue weighted by Gasteiger charge is -2.23. The van der Waals surface area contributed by atoms with E-state index in [4.69, 9.17) is 30.5 Å². The summed E-state index contributed by atoms with van der Waals surface area (Å²) < 4.78 is 25.0. The zero-order valence-corrected chi connectivity index (χ0v) is 18.5. The summed E-state index contributed by atoms with van der Waals surface area (Å²) in [7, 11) is 0. The van der Waals surface area contributed by atoms with E-state index in [0.717, 1.165) is 0 Å². The lowest BCUT2D eigenvalue weighted by molar-refractivity contribution is -0.166. The van der Waals surface area contributed by atoms with Crippen molar-refractivity contribution in [3.63, 3.8) is 0 Å². The highest BCUT2D eigenvalue weighted by molar-refractivity contribution is 6.28. The van der Waals surface area contributed by atoms with Gasteiger partial charge in [-0.15, -0.1) is 0 Å². The summed E-state index contributed by atoms with van der Waals surface area (Å²) in [6, 6.07) is 0. The van der Waals surface area contributed by atoms with Crippen molar-refractivity contribution < 1.29 is 33.3 Å². The largest absolute Gasteiger partial charge is 0.463 e. The molecular weight excluding hydrogens is 460 g/mol. The maximum atomic E-state index is 11.9. The number of imidazole rings is 2. The maximum Gasteiger partial charge on any atom is 0.303 e. The molecule has 4 heterocycles. The summed E-state index contributed by atoms with van der Waals surface area (Å²) in [6.07, 6.45) is 2.08. The van der Waals surface area contributed by atoms with E-state index in [1.165, 1.54) is 38.0 Å². The average molecular weight is 479 g/mol. The third-order valence-electron chi connectivity index (χ3n) is 4.74. The van der Waals surface area contributed by atoms with Gasteiger partial charge in [-0.3, -0.25) is 23.5 Å². The first-order valence-corrected chi connectivity index (χ1v) is 10.1.